The van der Waals surface area contributed by atoms with Crippen LogP contribution in [0.15, 0.2) is 48.8 Å². The summed E-state index contributed by atoms with van der Waals surface area (Å²) in [7, 11) is 0.545. The number of hydrogen-bond donors (Lipinski definition) is 1. The van der Waals surface area contributed by atoms with E-state index in [1.54, 1.807) is 55.7 Å². The minimum Gasteiger partial charge on any atom is -0.494 e. The minimum absolute atomic E-state index is 0.0703. The van der Waals surface area contributed by atoms with Crippen molar-refractivity contribution in [2.24, 2.45) is 0 Å². The Bertz CT molecular complexity index is 1470. The summed E-state index contributed by atoms with van der Waals surface area (Å²) in [6.45, 7) is 3.43. The third-order valence-electron chi connectivity index (χ3n) is 5.52. The largest absolute Gasteiger partial charge is 0.494 e. The molecule has 12 nitrogen and oxygen atoms in total. The van der Waals surface area contributed by atoms with Gasteiger partial charge in [0.15, 0.2) is 5.82 Å². The summed E-state index contributed by atoms with van der Waals surface area (Å²) in [5.74, 6) is 1.76. The first kappa shape index (κ1) is 25.8. The molecule has 0 spiro atoms. The summed E-state index contributed by atoms with van der Waals surface area (Å²) >= 11 is 0. The molecule has 0 amide bonds. The van der Waals surface area contributed by atoms with Gasteiger partial charge < -0.3 is 14.2 Å². The number of anilines is 1. The highest BCUT2D eigenvalue weighted by Gasteiger charge is 2.29. The molecule has 0 aliphatic carbocycles. The molecule has 3 heterocycles. The highest BCUT2D eigenvalue weighted by atomic mass is 32.2. The maximum atomic E-state index is 13.4. The quantitative estimate of drug-likeness (QED) is 0.328. The Morgan fingerprint density at radius 3 is 2.22 bits per heavy atom. The number of benzene rings is 1. The molecule has 4 aromatic rings. The SMILES string of the molecule is COc1cccc(-c2nnc(NS(=O)(=O)[C@H](C)Cc3ncc(C)cn3)n2-c2c(OC)cccc2OC)n1. The predicted molar refractivity (Wildman–Crippen MR) is 137 cm³/mol. The zero-order chi connectivity index (χ0) is 26.6. The van der Waals surface area contributed by atoms with Gasteiger partial charge in [0.1, 0.15) is 28.7 Å². The molecular formula is C24H27N7O5S. The molecule has 0 saturated heterocycles. The molecule has 0 bridgehead atoms. The van der Waals surface area contributed by atoms with Crippen LogP contribution in [0.2, 0.25) is 0 Å². The predicted octanol–water partition coefficient (Wildman–Crippen LogP) is 2.83. The zero-order valence-corrected chi connectivity index (χ0v) is 21.9. The molecule has 3 aromatic heterocycles. The van der Waals surface area contributed by atoms with Crippen molar-refractivity contribution in [1.29, 1.82) is 0 Å². The number of aryl methyl sites for hydroxylation is 1. The smallest absolute Gasteiger partial charge is 0.243 e. The first-order valence-electron chi connectivity index (χ1n) is 11.2. The van der Waals surface area contributed by atoms with Crippen molar-refractivity contribution in [3.05, 3.63) is 60.2 Å². The number of methoxy groups -OCH3 is 3. The van der Waals surface area contributed by atoms with Crippen LogP contribution in [-0.4, -0.2) is 64.7 Å². The van der Waals surface area contributed by atoms with Crippen molar-refractivity contribution in [3.63, 3.8) is 0 Å². The van der Waals surface area contributed by atoms with Gasteiger partial charge in [-0.05, 0) is 37.6 Å². The highest BCUT2D eigenvalue weighted by Crippen LogP contribution is 2.37. The summed E-state index contributed by atoms with van der Waals surface area (Å²) in [4.78, 5) is 12.9. The first-order chi connectivity index (χ1) is 17.8. The number of aromatic nitrogens is 6. The van der Waals surface area contributed by atoms with E-state index in [-0.39, 0.29) is 18.2 Å². The number of nitrogens with zero attached hydrogens (tertiary/aromatic N) is 6. The Hall–Kier alpha value is -4.26. The van der Waals surface area contributed by atoms with Gasteiger partial charge >= 0.3 is 0 Å². The van der Waals surface area contributed by atoms with Crippen LogP contribution in [0.5, 0.6) is 17.4 Å². The molecule has 13 heteroatoms. The second-order valence-electron chi connectivity index (χ2n) is 8.10. The second-order valence-corrected chi connectivity index (χ2v) is 10.2. The van der Waals surface area contributed by atoms with E-state index in [4.69, 9.17) is 14.2 Å². The van der Waals surface area contributed by atoms with Gasteiger partial charge in [-0.2, -0.15) is 0 Å². The van der Waals surface area contributed by atoms with E-state index in [0.29, 0.717) is 34.6 Å². The number of rotatable bonds is 10. The van der Waals surface area contributed by atoms with Crippen LogP contribution < -0.4 is 18.9 Å². The lowest BCUT2D eigenvalue weighted by Gasteiger charge is -2.19. The van der Waals surface area contributed by atoms with E-state index >= 15 is 0 Å². The average Bonchev–Trinajstić information content (AvgIpc) is 3.31. The maximum Gasteiger partial charge on any atom is 0.243 e. The molecule has 1 N–H and O–H groups in total. The lowest BCUT2D eigenvalue weighted by Crippen LogP contribution is -2.29. The standard InChI is InChI=1S/C24H27N7O5S/c1-15-13-25-20(26-14-15)12-16(2)37(32,33)30-24-29-28-23(17-8-6-11-21(27-17)36-5)31(24)22-18(34-3)9-7-10-19(22)35-4/h6-11,13-14,16H,12H2,1-5H3,(H,29,30)/t16-/m1/s1. The summed E-state index contributed by atoms with van der Waals surface area (Å²) in [5.41, 5.74) is 1.67. The van der Waals surface area contributed by atoms with Gasteiger partial charge in [-0.3, -0.25) is 9.29 Å². The molecule has 1 atom stereocenters. The fraction of sp³-hybridized carbons (Fsp3) is 0.292. The third-order valence-corrected chi connectivity index (χ3v) is 7.21. The minimum atomic E-state index is -3.95. The van der Waals surface area contributed by atoms with Gasteiger partial charge in [0.2, 0.25) is 21.9 Å². The second kappa shape index (κ2) is 10.8. The number of nitrogens with one attached hydrogen (secondary N) is 1. The van der Waals surface area contributed by atoms with Crippen molar-refractivity contribution in [1.82, 2.24) is 29.7 Å². The highest BCUT2D eigenvalue weighted by molar-refractivity contribution is 7.93. The summed E-state index contributed by atoms with van der Waals surface area (Å²) in [6, 6.07) is 10.3. The van der Waals surface area contributed by atoms with E-state index in [1.807, 2.05) is 6.92 Å². The molecule has 0 unspecified atom stereocenters. The van der Waals surface area contributed by atoms with Crippen LogP contribution in [-0.2, 0) is 16.4 Å². The van der Waals surface area contributed by atoms with Crippen molar-refractivity contribution < 1.29 is 22.6 Å². The molecule has 37 heavy (non-hydrogen) atoms. The van der Waals surface area contributed by atoms with Crippen LogP contribution in [0.4, 0.5) is 5.95 Å². The van der Waals surface area contributed by atoms with Gasteiger partial charge in [0.05, 0.1) is 26.6 Å². The van der Waals surface area contributed by atoms with Gasteiger partial charge in [0, 0.05) is 24.9 Å². The van der Waals surface area contributed by atoms with Gasteiger partial charge in [-0.1, -0.05) is 12.1 Å². The van der Waals surface area contributed by atoms with Crippen LogP contribution >= 0.6 is 0 Å². The Morgan fingerprint density at radius 1 is 0.946 bits per heavy atom. The molecule has 0 saturated carbocycles. The van der Waals surface area contributed by atoms with E-state index in [0.717, 1.165) is 5.56 Å². The number of para-hydroxylation sites is 1. The number of pyridine rings is 1. The van der Waals surface area contributed by atoms with Crippen LogP contribution in [0.3, 0.4) is 0 Å². The molecule has 1 aromatic carbocycles. The average molecular weight is 526 g/mol. The molecule has 0 radical (unpaired) electrons. The lowest BCUT2D eigenvalue weighted by atomic mass is 10.2. The normalized spacial score (nSPS) is 12.1. The van der Waals surface area contributed by atoms with Gasteiger partial charge in [-0.15, -0.1) is 10.2 Å². The Labute approximate surface area is 214 Å². The Morgan fingerprint density at radius 2 is 1.59 bits per heavy atom. The fourth-order valence-corrected chi connectivity index (χ4v) is 4.51. The molecule has 4 rings (SSSR count). The van der Waals surface area contributed by atoms with Gasteiger partial charge in [-0.25, -0.2) is 23.4 Å². The Kier molecular flexibility index (Phi) is 7.53. The molecule has 194 valence electrons. The topological polar surface area (TPSA) is 143 Å². The van der Waals surface area contributed by atoms with E-state index < -0.39 is 15.3 Å². The van der Waals surface area contributed by atoms with Crippen molar-refractivity contribution in [2.45, 2.75) is 25.5 Å². The van der Waals surface area contributed by atoms with Crippen molar-refractivity contribution in [3.8, 4) is 34.6 Å². The zero-order valence-electron chi connectivity index (χ0n) is 21.0. The number of ether oxygens (including phenoxy) is 3. The van der Waals surface area contributed by atoms with Crippen LogP contribution in [0.25, 0.3) is 17.2 Å². The first-order valence-corrected chi connectivity index (χ1v) is 12.8. The van der Waals surface area contributed by atoms with Crippen LogP contribution in [0.1, 0.15) is 18.3 Å². The van der Waals surface area contributed by atoms with Crippen molar-refractivity contribution >= 4 is 16.0 Å². The lowest BCUT2D eigenvalue weighted by molar-refractivity contribution is 0.391. The van der Waals surface area contributed by atoms with E-state index in [2.05, 4.69) is 29.9 Å². The molecule has 0 aliphatic heterocycles. The van der Waals surface area contributed by atoms with Crippen molar-refractivity contribution in [2.75, 3.05) is 26.1 Å². The summed E-state index contributed by atoms with van der Waals surface area (Å²) < 4.78 is 47.2. The number of sulfonamides is 1. The molecular weight excluding hydrogens is 498 g/mol. The van der Waals surface area contributed by atoms with E-state index in [1.165, 1.54) is 25.9 Å². The van der Waals surface area contributed by atoms with Crippen LogP contribution in [0, 0.1) is 6.92 Å². The molecule has 0 aliphatic rings. The number of hydrogen-bond acceptors (Lipinski definition) is 10. The molecule has 0 fully saturated rings. The summed E-state index contributed by atoms with van der Waals surface area (Å²) in [6.07, 6.45) is 3.40. The van der Waals surface area contributed by atoms with Gasteiger partial charge in [0.25, 0.3) is 0 Å². The monoisotopic (exact) mass is 525 g/mol. The maximum absolute atomic E-state index is 13.4. The summed E-state index contributed by atoms with van der Waals surface area (Å²) in [5, 5.41) is 7.54. The van der Waals surface area contributed by atoms with E-state index in [9.17, 15) is 8.42 Å². The Balaban J connectivity index is 1.82. The fourth-order valence-electron chi connectivity index (χ4n) is 3.55. The third kappa shape index (κ3) is 5.45.